The van der Waals surface area contributed by atoms with Crippen molar-refractivity contribution in [3.8, 4) is 0 Å². The van der Waals surface area contributed by atoms with E-state index in [9.17, 15) is 12.8 Å². The molecule has 1 aromatic carbocycles. The molecule has 1 atom stereocenters. The molecule has 2 aromatic rings. The number of rotatable bonds is 10. The monoisotopic (exact) mass is 448 g/mol. The second kappa shape index (κ2) is 9.79. The summed E-state index contributed by atoms with van der Waals surface area (Å²) in [5.41, 5.74) is 0.363. The lowest BCUT2D eigenvalue weighted by Gasteiger charge is -2.13. The van der Waals surface area contributed by atoms with Crippen molar-refractivity contribution >= 4 is 44.0 Å². The third kappa shape index (κ3) is 5.74. The van der Waals surface area contributed by atoms with Gasteiger partial charge in [-0.05, 0) is 44.5 Å². The lowest BCUT2D eigenvalue weighted by Crippen LogP contribution is -2.31. The highest BCUT2D eigenvalue weighted by atomic mass is 35.5. The van der Waals surface area contributed by atoms with Gasteiger partial charge in [-0.2, -0.15) is 4.37 Å². The number of unbranched alkanes of at least 4 members (excludes halogenated alkanes) is 1. The average molecular weight is 449 g/mol. The summed E-state index contributed by atoms with van der Waals surface area (Å²) in [6.07, 6.45) is 4.21. The minimum absolute atomic E-state index is 0.0553. The molecular formula is C16H22ClFN6O2S2. The molecule has 2 heterocycles. The van der Waals surface area contributed by atoms with Gasteiger partial charge in [0.15, 0.2) is 0 Å². The van der Waals surface area contributed by atoms with Crippen molar-refractivity contribution in [1.82, 2.24) is 20.0 Å². The number of hydrogen-bond acceptors (Lipinski definition) is 8. The molecule has 1 aliphatic rings. The number of nitrogens with zero attached hydrogens (tertiary/aromatic N) is 2. The first kappa shape index (κ1) is 21.2. The Hall–Kier alpha value is -1.53. The van der Waals surface area contributed by atoms with Gasteiger partial charge in [0, 0.05) is 30.7 Å². The molecular weight excluding hydrogens is 427 g/mol. The van der Waals surface area contributed by atoms with Crippen LogP contribution in [0.15, 0.2) is 23.4 Å². The van der Waals surface area contributed by atoms with Crippen molar-refractivity contribution in [3.05, 3.63) is 29.3 Å². The first-order valence-corrected chi connectivity index (χ1v) is 11.6. The highest BCUT2D eigenvalue weighted by Crippen LogP contribution is 2.29. The summed E-state index contributed by atoms with van der Waals surface area (Å²) in [4.78, 5) is 3.19. The van der Waals surface area contributed by atoms with Crippen molar-refractivity contribution in [2.75, 3.05) is 36.2 Å². The number of aromatic nitrogens is 2. The summed E-state index contributed by atoms with van der Waals surface area (Å²) in [6.45, 7) is 3.60. The van der Waals surface area contributed by atoms with Crippen LogP contribution < -0.4 is 20.7 Å². The molecule has 0 spiro atoms. The second-order valence-corrected chi connectivity index (χ2v) is 9.23. The van der Waals surface area contributed by atoms with E-state index in [1.165, 1.54) is 6.33 Å². The summed E-state index contributed by atoms with van der Waals surface area (Å²) >= 11 is 7.00. The van der Waals surface area contributed by atoms with Gasteiger partial charge in [0.05, 0.1) is 10.7 Å². The summed E-state index contributed by atoms with van der Waals surface area (Å²) in [5.74, 6) is -0.890. The third-order valence-electron chi connectivity index (χ3n) is 4.31. The normalized spacial score (nSPS) is 17.0. The van der Waals surface area contributed by atoms with E-state index in [-0.39, 0.29) is 10.2 Å². The minimum atomic E-state index is -4.14. The molecule has 0 unspecified atom stereocenters. The fraction of sp³-hybridized carbons (Fsp3) is 0.500. The molecule has 0 aliphatic carbocycles. The van der Waals surface area contributed by atoms with Crippen molar-refractivity contribution < 1.29 is 12.8 Å². The predicted octanol–water partition coefficient (Wildman–Crippen LogP) is 2.28. The lowest BCUT2D eigenvalue weighted by molar-refractivity contribution is 0.530. The van der Waals surface area contributed by atoms with Crippen molar-refractivity contribution in [3.63, 3.8) is 0 Å². The van der Waals surface area contributed by atoms with Gasteiger partial charge in [-0.3, -0.25) is 4.72 Å². The Labute approximate surface area is 172 Å². The van der Waals surface area contributed by atoms with E-state index in [1.807, 2.05) is 0 Å². The number of sulfonamides is 1. The quantitative estimate of drug-likeness (QED) is 0.413. The van der Waals surface area contributed by atoms with Gasteiger partial charge < -0.3 is 16.0 Å². The van der Waals surface area contributed by atoms with Crippen molar-refractivity contribution in [2.24, 2.45) is 0 Å². The molecule has 28 heavy (non-hydrogen) atoms. The van der Waals surface area contributed by atoms with Crippen LogP contribution >= 0.6 is 23.1 Å². The third-order valence-corrected chi connectivity index (χ3v) is 6.68. The van der Waals surface area contributed by atoms with Gasteiger partial charge >= 0.3 is 0 Å². The van der Waals surface area contributed by atoms with E-state index in [0.717, 1.165) is 62.6 Å². The number of halogens is 2. The summed E-state index contributed by atoms with van der Waals surface area (Å²) < 4.78 is 44.9. The van der Waals surface area contributed by atoms with E-state index in [0.29, 0.717) is 18.3 Å². The topological polar surface area (TPSA) is 108 Å². The molecule has 0 radical (unpaired) electrons. The first-order chi connectivity index (χ1) is 13.5. The van der Waals surface area contributed by atoms with Gasteiger partial charge in [-0.1, -0.05) is 11.6 Å². The van der Waals surface area contributed by atoms with Crippen LogP contribution in [-0.4, -0.2) is 50.0 Å². The maximum absolute atomic E-state index is 14.4. The van der Waals surface area contributed by atoms with Crippen LogP contribution in [0.25, 0.3) is 0 Å². The van der Waals surface area contributed by atoms with E-state index in [2.05, 4.69) is 30.0 Å². The van der Waals surface area contributed by atoms with E-state index in [4.69, 9.17) is 11.6 Å². The van der Waals surface area contributed by atoms with Crippen LogP contribution in [0.1, 0.15) is 19.3 Å². The molecule has 12 heteroatoms. The summed E-state index contributed by atoms with van der Waals surface area (Å²) in [6, 6.07) is 2.73. The predicted molar refractivity (Wildman–Crippen MR) is 109 cm³/mol. The van der Waals surface area contributed by atoms with Crippen LogP contribution in [-0.2, 0) is 10.0 Å². The van der Waals surface area contributed by atoms with E-state index >= 15 is 0 Å². The zero-order chi connectivity index (χ0) is 20.0. The van der Waals surface area contributed by atoms with Gasteiger partial charge in [-0.25, -0.2) is 17.8 Å². The smallest absolute Gasteiger partial charge is 0.266 e. The molecule has 0 amide bonds. The maximum atomic E-state index is 14.4. The maximum Gasteiger partial charge on any atom is 0.266 e. The molecule has 0 bridgehead atoms. The SMILES string of the molecule is O=S(=O)(Nc1ncns1)c1cc(Cl)c(NCCCCN[C@@H]2CCNC2)cc1F. The summed E-state index contributed by atoms with van der Waals surface area (Å²) in [5, 5.41) is 10.0. The van der Waals surface area contributed by atoms with Crippen LogP contribution in [0.5, 0.6) is 0 Å². The number of benzene rings is 1. The van der Waals surface area contributed by atoms with Gasteiger partial charge in [0.2, 0.25) is 5.13 Å². The van der Waals surface area contributed by atoms with E-state index < -0.39 is 20.7 Å². The van der Waals surface area contributed by atoms with Gasteiger partial charge in [0.1, 0.15) is 17.0 Å². The van der Waals surface area contributed by atoms with Crippen LogP contribution in [0.4, 0.5) is 15.2 Å². The molecule has 1 saturated heterocycles. The Morgan fingerprint density at radius 1 is 1.32 bits per heavy atom. The van der Waals surface area contributed by atoms with Crippen LogP contribution in [0, 0.1) is 5.82 Å². The average Bonchev–Trinajstić information content (AvgIpc) is 3.34. The zero-order valence-corrected chi connectivity index (χ0v) is 17.4. The number of hydrogen-bond donors (Lipinski definition) is 4. The largest absolute Gasteiger partial charge is 0.384 e. The zero-order valence-electron chi connectivity index (χ0n) is 15.0. The Morgan fingerprint density at radius 3 is 2.86 bits per heavy atom. The number of anilines is 2. The van der Waals surface area contributed by atoms with Crippen molar-refractivity contribution in [1.29, 1.82) is 0 Å². The fourth-order valence-corrected chi connectivity index (χ4v) is 4.91. The Kier molecular flexibility index (Phi) is 7.41. The molecule has 4 N–H and O–H groups in total. The highest BCUT2D eigenvalue weighted by molar-refractivity contribution is 7.93. The first-order valence-electron chi connectivity index (χ1n) is 8.92. The molecule has 154 valence electrons. The molecule has 1 fully saturated rings. The molecule has 1 aliphatic heterocycles. The van der Waals surface area contributed by atoms with Gasteiger partial charge in [0.25, 0.3) is 10.0 Å². The van der Waals surface area contributed by atoms with Crippen LogP contribution in [0.3, 0.4) is 0 Å². The molecule has 1 aromatic heterocycles. The van der Waals surface area contributed by atoms with Gasteiger partial charge in [-0.15, -0.1) is 0 Å². The molecule has 0 saturated carbocycles. The van der Waals surface area contributed by atoms with Crippen molar-refractivity contribution in [2.45, 2.75) is 30.2 Å². The fourth-order valence-electron chi connectivity index (χ4n) is 2.87. The Bertz CT molecular complexity index is 876. The van der Waals surface area contributed by atoms with E-state index in [1.54, 1.807) is 0 Å². The lowest BCUT2D eigenvalue weighted by atomic mass is 10.2. The molecule has 3 rings (SSSR count). The highest BCUT2D eigenvalue weighted by Gasteiger charge is 2.22. The van der Waals surface area contributed by atoms with Crippen LogP contribution in [0.2, 0.25) is 5.02 Å². The number of nitrogens with one attached hydrogen (secondary N) is 4. The minimum Gasteiger partial charge on any atom is -0.384 e. The second-order valence-electron chi connectivity index (χ2n) is 6.39. The Balaban J connectivity index is 1.51. The Morgan fingerprint density at radius 2 is 2.14 bits per heavy atom. The molecule has 8 nitrogen and oxygen atoms in total. The summed E-state index contributed by atoms with van der Waals surface area (Å²) in [7, 11) is -4.14. The standard InChI is InChI=1S/C16H22ClFN6O2S2/c17-12-7-15(28(25,26)24-16-22-10-23-27-16)13(18)8-14(12)21-5-2-1-4-20-11-3-6-19-9-11/h7-8,10-11,19-21H,1-6,9H2,(H,22,23,24)/t11-/m1/s1.